The number of carboxylic acid groups (broad SMARTS) is 1. The maximum Gasteiger partial charge on any atom is 0.337 e. The minimum absolute atomic E-state index is 0.254. The summed E-state index contributed by atoms with van der Waals surface area (Å²) in [5.74, 6) is -0.371. The molecule has 0 fully saturated rings. The molecule has 1 N–H and O–H groups in total. The first-order chi connectivity index (χ1) is 20.6. The second-order valence-corrected chi connectivity index (χ2v) is 10.8. The molecule has 0 unspecified atom stereocenters. The number of carboxylic acids is 1. The molecule has 3 heterocycles. The predicted molar refractivity (Wildman–Crippen MR) is 168 cm³/mol. The van der Waals surface area contributed by atoms with Gasteiger partial charge < -0.3 is 14.2 Å². The summed E-state index contributed by atoms with van der Waals surface area (Å²) in [7, 11) is 0. The van der Waals surface area contributed by atoms with Gasteiger partial charge in [0.05, 0.1) is 12.1 Å². The summed E-state index contributed by atoms with van der Waals surface area (Å²) >= 11 is 0. The molecule has 0 aliphatic rings. The molecule has 6 nitrogen and oxygen atoms in total. The van der Waals surface area contributed by atoms with Crippen LogP contribution in [0.15, 0.2) is 109 Å². The summed E-state index contributed by atoms with van der Waals surface area (Å²) in [6, 6.07) is 32.3. The number of rotatable bonds is 8. The molecule has 6 heteroatoms. The maximum absolute atomic E-state index is 12.7. The zero-order valence-corrected chi connectivity index (χ0v) is 23.4. The SMILES string of the molecule is Cc1cccc2c1c(Cn1c(-c3ccc4ccccc4c3C(=O)O)nc3cccnc31)cn2CCCc1ccccc1. The number of benzene rings is 4. The third-order valence-electron chi connectivity index (χ3n) is 8.12. The third kappa shape index (κ3) is 4.51. The van der Waals surface area contributed by atoms with E-state index in [1.807, 2.05) is 48.5 Å². The highest BCUT2D eigenvalue weighted by atomic mass is 16.4. The van der Waals surface area contributed by atoms with Gasteiger partial charge in [-0.3, -0.25) is 0 Å². The van der Waals surface area contributed by atoms with Gasteiger partial charge in [-0.05, 0) is 71.5 Å². The van der Waals surface area contributed by atoms with E-state index in [1.54, 1.807) is 6.20 Å². The van der Waals surface area contributed by atoms with E-state index < -0.39 is 5.97 Å². The smallest absolute Gasteiger partial charge is 0.337 e. The molecule has 0 saturated heterocycles. The zero-order chi connectivity index (χ0) is 28.6. The van der Waals surface area contributed by atoms with E-state index in [9.17, 15) is 9.90 Å². The number of aryl methyl sites for hydroxylation is 3. The van der Waals surface area contributed by atoms with Crippen LogP contribution in [-0.4, -0.2) is 30.2 Å². The average molecular weight is 551 g/mol. The van der Waals surface area contributed by atoms with Crippen molar-refractivity contribution in [2.75, 3.05) is 0 Å². The van der Waals surface area contributed by atoms with Gasteiger partial charge in [-0.1, -0.05) is 72.8 Å². The van der Waals surface area contributed by atoms with Crippen molar-refractivity contribution in [3.63, 3.8) is 0 Å². The molecule has 0 bridgehead atoms. The largest absolute Gasteiger partial charge is 0.478 e. The molecule has 206 valence electrons. The number of hydrogen-bond acceptors (Lipinski definition) is 3. The molecule has 3 aromatic heterocycles. The summed E-state index contributed by atoms with van der Waals surface area (Å²) in [4.78, 5) is 22.3. The fraction of sp³-hybridized carbons (Fsp3) is 0.139. The third-order valence-corrected chi connectivity index (χ3v) is 8.12. The molecule has 0 radical (unpaired) electrons. The van der Waals surface area contributed by atoms with E-state index in [-0.39, 0.29) is 5.56 Å². The quantitative estimate of drug-likeness (QED) is 0.209. The first kappa shape index (κ1) is 25.7. The topological polar surface area (TPSA) is 72.9 Å². The Morgan fingerprint density at radius 3 is 2.57 bits per heavy atom. The molecule has 42 heavy (non-hydrogen) atoms. The van der Waals surface area contributed by atoms with Crippen molar-refractivity contribution in [2.24, 2.45) is 0 Å². The maximum atomic E-state index is 12.7. The molecule has 0 amide bonds. The monoisotopic (exact) mass is 550 g/mol. The van der Waals surface area contributed by atoms with Crippen molar-refractivity contribution in [1.82, 2.24) is 19.1 Å². The average Bonchev–Trinajstić information content (AvgIpc) is 3.56. The van der Waals surface area contributed by atoms with E-state index in [4.69, 9.17) is 9.97 Å². The lowest BCUT2D eigenvalue weighted by Gasteiger charge is -2.13. The number of aromatic nitrogens is 4. The normalized spacial score (nSPS) is 11.5. The Labute approximate surface area is 243 Å². The van der Waals surface area contributed by atoms with Crippen LogP contribution in [0, 0.1) is 6.92 Å². The van der Waals surface area contributed by atoms with Crippen LogP contribution in [-0.2, 0) is 19.5 Å². The van der Waals surface area contributed by atoms with Crippen molar-refractivity contribution in [3.05, 3.63) is 132 Å². The van der Waals surface area contributed by atoms with Crippen LogP contribution in [0.25, 0.3) is 44.2 Å². The van der Waals surface area contributed by atoms with Crippen molar-refractivity contribution < 1.29 is 9.90 Å². The van der Waals surface area contributed by atoms with Gasteiger partial charge in [-0.2, -0.15) is 0 Å². The van der Waals surface area contributed by atoms with Gasteiger partial charge in [-0.15, -0.1) is 0 Å². The number of pyridine rings is 1. The Kier molecular flexibility index (Phi) is 6.51. The molecular weight excluding hydrogens is 520 g/mol. The van der Waals surface area contributed by atoms with E-state index >= 15 is 0 Å². The van der Waals surface area contributed by atoms with Gasteiger partial charge in [0.15, 0.2) is 5.65 Å². The molecule has 0 atom stereocenters. The summed E-state index contributed by atoms with van der Waals surface area (Å²) in [6.45, 7) is 3.57. The fourth-order valence-electron chi connectivity index (χ4n) is 6.21. The number of carbonyl (C=O) groups is 1. The summed E-state index contributed by atoms with van der Waals surface area (Å²) < 4.78 is 4.42. The van der Waals surface area contributed by atoms with Crippen molar-refractivity contribution in [3.8, 4) is 11.4 Å². The fourth-order valence-corrected chi connectivity index (χ4v) is 6.21. The number of hydrogen-bond donors (Lipinski definition) is 1. The molecule has 0 spiro atoms. The molecule has 7 aromatic rings. The van der Waals surface area contributed by atoms with Gasteiger partial charge in [0, 0.05) is 35.4 Å². The lowest BCUT2D eigenvalue weighted by atomic mass is 9.98. The molecule has 7 rings (SSSR count). The summed E-state index contributed by atoms with van der Waals surface area (Å²) in [5.41, 5.74) is 7.22. The number of aromatic carboxylic acids is 1. The zero-order valence-electron chi connectivity index (χ0n) is 23.4. The molecule has 4 aromatic carbocycles. The molecule has 0 saturated carbocycles. The van der Waals surface area contributed by atoms with E-state index in [0.717, 1.165) is 41.5 Å². The molecule has 0 aliphatic heterocycles. The highest BCUT2D eigenvalue weighted by Gasteiger charge is 2.23. The Bertz CT molecular complexity index is 2090. The van der Waals surface area contributed by atoms with Gasteiger partial charge in [0.25, 0.3) is 0 Å². The van der Waals surface area contributed by atoms with E-state index in [0.29, 0.717) is 23.3 Å². The Morgan fingerprint density at radius 1 is 0.881 bits per heavy atom. The molecule has 0 aliphatic carbocycles. The van der Waals surface area contributed by atoms with Gasteiger partial charge in [-0.25, -0.2) is 14.8 Å². The number of fused-ring (bicyclic) bond motifs is 3. The van der Waals surface area contributed by atoms with Gasteiger partial charge in [0.2, 0.25) is 0 Å². The Morgan fingerprint density at radius 2 is 1.71 bits per heavy atom. The van der Waals surface area contributed by atoms with E-state index in [1.165, 1.54) is 22.0 Å². The van der Waals surface area contributed by atoms with Gasteiger partial charge >= 0.3 is 5.97 Å². The lowest BCUT2D eigenvalue weighted by Crippen LogP contribution is -2.07. The van der Waals surface area contributed by atoms with Crippen LogP contribution < -0.4 is 0 Å². The second kappa shape index (κ2) is 10.6. The Balaban J connectivity index is 1.35. The summed E-state index contributed by atoms with van der Waals surface area (Å²) in [5, 5.41) is 13.2. The van der Waals surface area contributed by atoms with Crippen LogP contribution in [0.5, 0.6) is 0 Å². The second-order valence-electron chi connectivity index (χ2n) is 10.8. The van der Waals surface area contributed by atoms with E-state index in [2.05, 4.69) is 70.8 Å². The van der Waals surface area contributed by atoms with Crippen LogP contribution >= 0.6 is 0 Å². The van der Waals surface area contributed by atoms with Crippen molar-refractivity contribution >= 4 is 38.8 Å². The predicted octanol–water partition coefficient (Wildman–Crippen LogP) is 7.89. The number of nitrogens with zero attached hydrogens (tertiary/aromatic N) is 4. The van der Waals surface area contributed by atoms with Crippen LogP contribution in [0.1, 0.15) is 33.5 Å². The van der Waals surface area contributed by atoms with Crippen LogP contribution in [0.4, 0.5) is 0 Å². The number of imidazole rings is 1. The van der Waals surface area contributed by atoms with Crippen molar-refractivity contribution in [1.29, 1.82) is 0 Å². The first-order valence-electron chi connectivity index (χ1n) is 14.3. The standard InChI is InChI=1S/C36H30N4O2/c1-24-10-7-17-31-32(24)27(22-39(31)21-9-13-25-11-3-2-4-12-25)23-40-34(38-30-16-8-20-37-35(30)40)29-19-18-26-14-5-6-15-28(26)33(29)36(41)42/h2-8,10-12,14-20,22H,9,13,21,23H2,1H3,(H,41,42). The summed E-state index contributed by atoms with van der Waals surface area (Å²) in [6.07, 6.45) is 6.06. The van der Waals surface area contributed by atoms with Crippen LogP contribution in [0.2, 0.25) is 0 Å². The highest BCUT2D eigenvalue weighted by molar-refractivity contribution is 6.09. The first-order valence-corrected chi connectivity index (χ1v) is 14.3. The van der Waals surface area contributed by atoms with Gasteiger partial charge in [0.1, 0.15) is 11.3 Å². The lowest BCUT2D eigenvalue weighted by molar-refractivity contribution is 0.0699. The Hall–Kier alpha value is -5.23. The minimum atomic E-state index is -0.973. The van der Waals surface area contributed by atoms with Crippen LogP contribution in [0.3, 0.4) is 0 Å². The molecular formula is C36H30N4O2. The highest BCUT2D eigenvalue weighted by Crippen LogP contribution is 2.34. The minimum Gasteiger partial charge on any atom is -0.478 e. The van der Waals surface area contributed by atoms with Crippen molar-refractivity contribution in [2.45, 2.75) is 32.9 Å².